The molecule has 2 rings (SSSR count). The Kier molecular flexibility index (Phi) is 4.19. The van der Waals surface area contributed by atoms with Gasteiger partial charge in [0.15, 0.2) is 0 Å². The van der Waals surface area contributed by atoms with E-state index < -0.39 is 5.41 Å². The van der Waals surface area contributed by atoms with Crippen LogP contribution >= 0.6 is 11.6 Å². The lowest BCUT2D eigenvalue weighted by Gasteiger charge is -2.29. The predicted octanol–water partition coefficient (Wildman–Crippen LogP) is 3.44. The predicted molar refractivity (Wildman–Crippen MR) is 79.5 cm³/mol. The van der Waals surface area contributed by atoms with E-state index in [-0.39, 0.29) is 11.9 Å². The number of carbonyl (C=O) groups is 1. The molecule has 1 aromatic carbocycles. The van der Waals surface area contributed by atoms with Crippen molar-refractivity contribution in [3.63, 3.8) is 0 Å². The lowest BCUT2D eigenvalue weighted by molar-refractivity contribution is -0.133. The van der Waals surface area contributed by atoms with Crippen molar-refractivity contribution >= 4 is 17.5 Å². The molecule has 1 aliphatic heterocycles. The summed E-state index contributed by atoms with van der Waals surface area (Å²) in [6.45, 7) is 7.04. The maximum atomic E-state index is 12.8. The van der Waals surface area contributed by atoms with Gasteiger partial charge in [0.05, 0.1) is 5.41 Å². The highest BCUT2D eigenvalue weighted by Gasteiger charge is 2.51. The molecular weight excluding hydrogens is 258 g/mol. The van der Waals surface area contributed by atoms with Crippen LogP contribution in [0.4, 0.5) is 0 Å². The second-order valence-electron chi connectivity index (χ2n) is 5.79. The molecule has 0 saturated carbocycles. The summed E-state index contributed by atoms with van der Waals surface area (Å²) in [7, 11) is 0. The van der Waals surface area contributed by atoms with Gasteiger partial charge in [0, 0.05) is 18.5 Å². The van der Waals surface area contributed by atoms with E-state index in [2.05, 4.69) is 32.9 Å². The second-order valence-corrected chi connectivity index (χ2v) is 6.17. The van der Waals surface area contributed by atoms with Crippen LogP contribution in [0.2, 0.25) is 0 Å². The Bertz CT molecular complexity index is 445. The second kappa shape index (κ2) is 5.54. The first kappa shape index (κ1) is 14.4. The summed E-state index contributed by atoms with van der Waals surface area (Å²) < 4.78 is 0. The van der Waals surface area contributed by atoms with E-state index in [1.54, 1.807) is 0 Å². The van der Waals surface area contributed by atoms with Crippen LogP contribution in [0.3, 0.4) is 0 Å². The van der Waals surface area contributed by atoms with Crippen molar-refractivity contribution in [2.24, 2.45) is 5.92 Å². The van der Waals surface area contributed by atoms with Gasteiger partial charge in [-0.2, -0.15) is 0 Å². The van der Waals surface area contributed by atoms with Gasteiger partial charge in [-0.05, 0) is 38.7 Å². The molecule has 1 amide bonds. The average Bonchev–Trinajstić information content (AvgIpc) is 2.66. The van der Waals surface area contributed by atoms with Crippen LogP contribution < -0.4 is 0 Å². The Hall–Kier alpha value is -1.02. The monoisotopic (exact) mass is 279 g/mol. The van der Waals surface area contributed by atoms with Gasteiger partial charge in [-0.15, -0.1) is 11.6 Å². The maximum Gasteiger partial charge on any atom is 0.233 e. The van der Waals surface area contributed by atoms with Crippen LogP contribution in [0.25, 0.3) is 0 Å². The van der Waals surface area contributed by atoms with E-state index in [9.17, 15) is 4.79 Å². The van der Waals surface area contributed by atoms with Gasteiger partial charge in [-0.25, -0.2) is 0 Å². The normalized spacial score (nSPS) is 27.3. The molecule has 104 valence electrons. The number of halogens is 1. The van der Waals surface area contributed by atoms with Crippen molar-refractivity contribution in [1.82, 2.24) is 4.90 Å². The van der Waals surface area contributed by atoms with Gasteiger partial charge in [0.1, 0.15) is 0 Å². The third-order valence-corrected chi connectivity index (χ3v) is 4.61. The smallest absolute Gasteiger partial charge is 0.233 e. The van der Waals surface area contributed by atoms with E-state index >= 15 is 0 Å². The Balaban J connectivity index is 2.42. The van der Waals surface area contributed by atoms with Crippen molar-refractivity contribution < 1.29 is 4.79 Å². The summed E-state index contributed by atoms with van der Waals surface area (Å²) in [6, 6.07) is 10.4. The standard InChI is InChI=1S/C16H22ClNO/c1-12(2)18-11-14(9-10-17)16(3,15(18)19)13-7-5-4-6-8-13/h4-8,12,14H,9-11H2,1-3H3/t14-,16-/m0/s1. The SMILES string of the molecule is CC(C)N1C[C@H](CCCl)[C@](C)(c2ccccc2)C1=O. The quantitative estimate of drug-likeness (QED) is 0.773. The molecule has 0 radical (unpaired) electrons. The first-order valence-corrected chi connectivity index (χ1v) is 7.47. The summed E-state index contributed by atoms with van der Waals surface area (Å²) in [4.78, 5) is 14.8. The molecule has 1 aliphatic rings. The fourth-order valence-corrected chi connectivity index (χ4v) is 3.34. The first-order chi connectivity index (χ1) is 9.01. The van der Waals surface area contributed by atoms with Crippen LogP contribution in [0.1, 0.15) is 32.8 Å². The number of hydrogen-bond acceptors (Lipinski definition) is 1. The van der Waals surface area contributed by atoms with Crippen molar-refractivity contribution in [3.05, 3.63) is 35.9 Å². The summed E-state index contributed by atoms with van der Waals surface area (Å²) in [6.07, 6.45) is 0.877. The summed E-state index contributed by atoms with van der Waals surface area (Å²) in [5, 5.41) is 0. The molecule has 0 spiro atoms. The largest absolute Gasteiger partial charge is 0.339 e. The van der Waals surface area contributed by atoms with Gasteiger partial charge in [-0.1, -0.05) is 30.3 Å². The van der Waals surface area contributed by atoms with E-state index in [4.69, 9.17) is 11.6 Å². The zero-order chi connectivity index (χ0) is 14.0. The number of amides is 1. The molecule has 0 aliphatic carbocycles. The van der Waals surface area contributed by atoms with Crippen molar-refractivity contribution in [3.8, 4) is 0 Å². The van der Waals surface area contributed by atoms with Gasteiger partial charge in [0.2, 0.25) is 5.91 Å². The van der Waals surface area contributed by atoms with Crippen LogP contribution in [-0.2, 0) is 10.2 Å². The van der Waals surface area contributed by atoms with Crippen molar-refractivity contribution in [1.29, 1.82) is 0 Å². The number of benzene rings is 1. The van der Waals surface area contributed by atoms with Crippen molar-refractivity contribution in [2.75, 3.05) is 12.4 Å². The molecule has 19 heavy (non-hydrogen) atoms. The summed E-state index contributed by atoms with van der Waals surface area (Å²) in [5.41, 5.74) is 0.679. The Morgan fingerprint density at radius 3 is 2.53 bits per heavy atom. The van der Waals surface area contributed by atoms with E-state index in [1.165, 1.54) is 0 Å². The molecular formula is C16H22ClNO. The lowest BCUT2D eigenvalue weighted by Crippen LogP contribution is -2.40. The van der Waals surface area contributed by atoms with Gasteiger partial charge >= 0.3 is 0 Å². The molecule has 1 aromatic rings. The van der Waals surface area contributed by atoms with Crippen molar-refractivity contribution in [2.45, 2.75) is 38.6 Å². The lowest BCUT2D eigenvalue weighted by atomic mass is 9.72. The fourth-order valence-electron chi connectivity index (χ4n) is 3.08. The van der Waals surface area contributed by atoms with Crippen LogP contribution in [0.5, 0.6) is 0 Å². The first-order valence-electron chi connectivity index (χ1n) is 6.94. The Morgan fingerprint density at radius 1 is 1.37 bits per heavy atom. The average molecular weight is 280 g/mol. The van der Waals surface area contributed by atoms with Crippen LogP contribution in [0.15, 0.2) is 30.3 Å². The van der Waals surface area contributed by atoms with Gasteiger partial charge in [-0.3, -0.25) is 4.79 Å². The number of likely N-dealkylation sites (tertiary alicyclic amines) is 1. The van der Waals surface area contributed by atoms with E-state index in [0.717, 1.165) is 18.5 Å². The zero-order valence-electron chi connectivity index (χ0n) is 11.9. The number of hydrogen-bond donors (Lipinski definition) is 0. The molecule has 1 heterocycles. The Morgan fingerprint density at radius 2 is 2.00 bits per heavy atom. The summed E-state index contributed by atoms with van der Waals surface area (Å²) in [5.74, 6) is 1.14. The highest BCUT2D eigenvalue weighted by Crippen LogP contribution is 2.42. The fraction of sp³-hybridized carbons (Fsp3) is 0.562. The summed E-state index contributed by atoms with van der Waals surface area (Å²) >= 11 is 5.94. The molecule has 0 bridgehead atoms. The minimum atomic E-state index is -0.430. The van der Waals surface area contributed by atoms with E-state index in [0.29, 0.717) is 11.8 Å². The van der Waals surface area contributed by atoms with Gasteiger partial charge < -0.3 is 4.90 Å². The molecule has 0 aromatic heterocycles. The highest BCUT2D eigenvalue weighted by atomic mass is 35.5. The third kappa shape index (κ3) is 2.38. The van der Waals surface area contributed by atoms with E-state index in [1.807, 2.05) is 23.1 Å². The van der Waals surface area contributed by atoms with Gasteiger partial charge in [0.25, 0.3) is 0 Å². The molecule has 3 heteroatoms. The number of nitrogens with zero attached hydrogens (tertiary/aromatic N) is 1. The highest BCUT2D eigenvalue weighted by molar-refractivity contribution is 6.17. The molecule has 1 saturated heterocycles. The Labute approximate surface area is 120 Å². The number of rotatable bonds is 4. The zero-order valence-corrected chi connectivity index (χ0v) is 12.7. The molecule has 0 unspecified atom stereocenters. The molecule has 0 N–H and O–H groups in total. The number of alkyl halides is 1. The molecule has 2 atom stereocenters. The van der Waals surface area contributed by atoms with Crippen LogP contribution in [-0.4, -0.2) is 29.3 Å². The third-order valence-electron chi connectivity index (χ3n) is 4.39. The topological polar surface area (TPSA) is 20.3 Å². The number of carbonyl (C=O) groups excluding carboxylic acids is 1. The van der Waals surface area contributed by atoms with Crippen LogP contribution in [0, 0.1) is 5.92 Å². The minimum absolute atomic E-state index is 0.240. The minimum Gasteiger partial charge on any atom is -0.339 e. The molecule has 2 nitrogen and oxygen atoms in total. The molecule has 1 fully saturated rings. The maximum absolute atomic E-state index is 12.8.